The minimum absolute atomic E-state index is 0.180. The molecule has 1 heterocycles. The number of benzene rings is 3. The third-order valence-corrected chi connectivity index (χ3v) is 8.02. The van der Waals surface area contributed by atoms with Crippen molar-refractivity contribution in [3.05, 3.63) is 82.9 Å². The van der Waals surface area contributed by atoms with E-state index >= 15 is 0 Å². The van der Waals surface area contributed by atoms with E-state index in [2.05, 4.69) is 45.0 Å². The van der Waals surface area contributed by atoms with Crippen LogP contribution in [0, 0.1) is 0 Å². The highest BCUT2D eigenvalue weighted by Crippen LogP contribution is 2.30. The van der Waals surface area contributed by atoms with E-state index in [-0.39, 0.29) is 11.7 Å². The summed E-state index contributed by atoms with van der Waals surface area (Å²) in [4.78, 5) is 12.2. The van der Waals surface area contributed by atoms with E-state index in [1.54, 1.807) is 11.8 Å². The minimum atomic E-state index is -0.180. The molecule has 4 aromatic rings. The van der Waals surface area contributed by atoms with Crippen molar-refractivity contribution in [3.63, 3.8) is 0 Å². The lowest BCUT2D eigenvalue weighted by atomic mass is 10.0. The van der Waals surface area contributed by atoms with Crippen molar-refractivity contribution in [2.45, 2.75) is 21.4 Å². The molecule has 1 N–H and O–H groups in total. The Morgan fingerprint density at radius 2 is 1.72 bits per heavy atom. The first-order chi connectivity index (χ1) is 15.6. The normalized spacial score (nSPS) is 11.6. The Kier molecular flexibility index (Phi) is 7.81. The third-order valence-electron chi connectivity index (χ3n) is 4.51. The highest BCUT2D eigenvalue weighted by atomic mass is 35.5. The SMILES string of the molecule is C/C(=N\NC(=O)CSc1nnc(SCc2ccc(Cl)cc2)s1)c1ccc2ccccc2c1. The molecule has 162 valence electrons. The average molecular weight is 499 g/mol. The van der Waals surface area contributed by atoms with E-state index in [9.17, 15) is 4.79 Å². The monoisotopic (exact) mass is 498 g/mol. The Morgan fingerprint density at radius 3 is 2.50 bits per heavy atom. The van der Waals surface area contributed by atoms with Gasteiger partial charge in [-0.3, -0.25) is 4.79 Å². The fourth-order valence-corrected chi connectivity index (χ4v) is 5.72. The van der Waals surface area contributed by atoms with Crippen molar-refractivity contribution in [1.82, 2.24) is 15.6 Å². The smallest absolute Gasteiger partial charge is 0.250 e. The Balaban J connectivity index is 1.25. The minimum Gasteiger partial charge on any atom is -0.272 e. The third kappa shape index (κ3) is 6.32. The second-order valence-electron chi connectivity index (χ2n) is 6.83. The zero-order valence-corrected chi connectivity index (χ0v) is 20.3. The zero-order chi connectivity index (χ0) is 22.3. The van der Waals surface area contributed by atoms with Crippen LogP contribution in [-0.4, -0.2) is 27.6 Å². The van der Waals surface area contributed by atoms with Gasteiger partial charge >= 0.3 is 0 Å². The fraction of sp³-hybridized carbons (Fsp3) is 0.130. The number of nitrogens with one attached hydrogen (secondary N) is 1. The summed E-state index contributed by atoms with van der Waals surface area (Å²) in [7, 11) is 0. The van der Waals surface area contributed by atoms with Crippen LogP contribution in [-0.2, 0) is 10.5 Å². The van der Waals surface area contributed by atoms with Crippen LogP contribution in [0.15, 0.2) is 80.5 Å². The molecule has 32 heavy (non-hydrogen) atoms. The number of nitrogens with zero attached hydrogens (tertiary/aromatic N) is 3. The average Bonchev–Trinajstić information content (AvgIpc) is 3.28. The number of rotatable bonds is 8. The summed E-state index contributed by atoms with van der Waals surface area (Å²) in [5.74, 6) is 0.839. The van der Waals surface area contributed by atoms with Crippen LogP contribution in [0.2, 0.25) is 5.02 Å². The molecule has 1 amide bonds. The van der Waals surface area contributed by atoms with Crippen LogP contribution >= 0.6 is 46.5 Å². The number of aromatic nitrogens is 2. The van der Waals surface area contributed by atoms with Crippen molar-refractivity contribution < 1.29 is 4.79 Å². The summed E-state index contributed by atoms with van der Waals surface area (Å²) in [6.07, 6.45) is 0. The number of hydrazone groups is 1. The lowest BCUT2D eigenvalue weighted by Gasteiger charge is -2.04. The molecule has 0 aliphatic rings. The predicted octanol–water partition coefficient (Wildman–Crippen LogP) is 6.27. The maximum atomic E-state index is 12.2. The van der Waals surface area contributed by atoms with Gasteiger partial charge in [0.15, 0.2) is 8.68 Å². The molecule has 0 unspecified atom stereocenters. The van der Waals surface area contributed by atoms with Gasteiger partial charge in [0, 0.05) is 10.8 Å². The first-order valence-electron chi connectivity index (χ1n) is 9.73. The van der Waals surface area contributed by atoms with Crippen LogP contribution in [0.25, 0.3) is 10.8 Å². The van der Waals surface area contributed by atoms with Crippen LogP contribution in [0.5, 0.6) is 0 Å². The van der Waals surface area contributed by atoms with Crippen molar-refractivity contribution in [2.75, 3.05) is 5.75 Å². The van der Waals surface area contributed by atoms with Gasteiger partial charge in [-0.2, -0.15) is 5.10 Å². The molecule has 0 aliphatic carbocycles. The quantitative estimate of drug-likeness (QED) is 0.176. The molecule has 0 saturated heterocycles. The number of hydrogen-bond donors (Lipinski definition) is 1. The first kappa shape index (κ1) is 22.8. The summed E-state index contributed by atoms with van der Waals surface area (Å²) in [6.45, 7) is 1.88. The molecule has 0 saturated carbocycles. The Bertz CT molecular complexity index is 1260. The number of amides is 1. The summed E-state index contributed by atoms with van der Waals surface area (Å²) < 4.78 is 1.63. The summed E-state index contributed by atoms with van der Waals surface area (Å²) in [5, 5.41) is 15.6. The molecule has 0 aliphatic heterocycles. The van der Waals surface area contributed by atoms with E-state index in [1.807, 2.05) is 49.4 Å². The second-order valence-corrected chi connectivity index (χ2v) is 10.7. The molecule has 0 fully saturated rings. The Morgan fingerprint density at radius 1 is 1.00 bits per heavy atom. The Labute approximate surface area is 203 Å². The number of hydrogen-bond acceptors (Lipinski definition) is 7. The topological polar surface area (TPSA) is 67.2 Å². The molecule has 1 aromatic heterocycles. The van der Waals surface area contributed by atoms with E-state index in [1.165, 1.54) is 34.0 Å². The van der Waals surface area contributed by atoms with E-state index < -0.39 is 0 Å². The lowest BCUT2D eigenvalue weighted by Crippen LogP contribution is -2.21. The Hall–Kier alpha value is -2.39. The summed E-state index contributed by atoms with van der Waals surface area (Å²) >= 11 is 10.4. The standard InChI is InChI=1S/C23H19ClN4OS3/c1-15(18-9-8-17-4-2-3-5-19(17)12-18)25-26-21(29)14-31-23-28-27-22(32-23)30-13-16-6-10-20(24)11-7-16/h2-12H,13-14H2,1H3,(H,26,29)/b25-15+. The molecule has 0 atom stereocenters. The molecule has 9 heteroatoms. The van der Waals surface area contributed by atoms with Gasteiger partial charge in [0.2, 0.25) is 0 Å². The van der Waals surface area contributed by atoms with Gasteiger partial charge in [0.25, 0.3) is 5.91 Å². The molecular weight excluding hydrogens is 480 g/mol. The van der Waals surface area contributed by atoms with Crippen LogP contribution in [0.3, 0.4) is 0 Å². The van der Waals surface area contributed by atoms with Gasteiger partial charge in [0.05, 0.1) is 11.5 Å². The van der Waals surface area contributed by atoms with Gasteiger partial charge in [-0.25, -0.2) is 5.43 Å². The highest BCUT2D eigenvalue weighted by Gasteiger charge is 2.09. The first-order valence-corrected chi connectivity index (χ1v) is 12.9. The van der Waals surface area contributed by atoms with E-state index in [0.717, 1.165) is 36.1 Å². The molecule has 4 rings (SSSR count). The van der Waals surface area contributed by atoms with Crippen molar-refractivity contribution in [1.29, 1.82) is 0 Å². The van der Waals surface area contributed by atoms with Crippen LogP contribution in [0.4, 0.5) is 0 Å². The maximum Gasteiger partial charge on any atom is 0.250 e. The van der Waals surface area contributed by atoms with Crippen LogP contribution < -0.4 is 5.43 Å². The van der Waals surface area contributed by atoms with Crippen molar-refractivity contribution in [3.8, 4) is 0 Å². The summed E-state index contributed by atoms with van der Waals surface area (Å²) in [5.41, 5.74) is 5.53. The van der Waals surface area contributed by atoms with Crippen molar-refractivity contribution >= 4 is 68.9 Å². The fourth-order valence-electron chi connectivity index (χ4n) is 2.82. The molecule has 0 spiro atoms. The van der Waals surface area contributed by atoms with Crippen LogP contribution in [0.1, 0.15) is 18.1 Å². The number of thioether (sulfide) groups is 2. The van der Waals surface area contributed by atoms with Gasteiger partial charge in [-0.15, -0.1) is 10.2 Å². The molecule has 3 aromatic carbocycles. The highest BCUT2D eigenvalue weighted by molar-refractivity contribution is 8.03. The lowest BCUT2D eigenvalue weighted by molar-refractivity contribution is -0.118. The number of carbonyl (C=O) groups is 1. The van der Waals surface area contributed by atoms with Gasteiger partial charge in [-0.1, -0.05) is 95.0 Å². The molecule has 0 bridgehead atoms. The van der Waals surface area contributed by atoms with E-state index in [0.29, 0.717) is 0 Å². The van der Waals surface area contributed by atoms with Gasteiger partial charge in [-0.05, 0) is 47.0 Å². The largest absolute Gasteiger partial charge is 0.272 e. The van der Waals surface area contributed by atoms with Gasteiger partial charge < -0.3 is 0 Å². The number of halogens is 1. The second kappa shape index (κ2) is 11.0. The maximum absolute atomic E-state index is 12.2. The number of fused-ring (bicyclic) bond motifs is 1. The zero-order valence-electron chi connectivity index (χ0n) is 17.1. The number of carbonyl (C=O) groups excluding carboxylic acids is 1. The van der Waals surface area contributed by atoms with Gasteiger partial charge in [0.1, 0.15) is 0 Å². The predicted molar refractivity (Wildman–Crippen MR) is 136 cm³/mol. The van der Waals surface area contributed by atoms with Crippen molar-refractivity contribution in [2.24, 2.45) is 5.10 Å². The molecule has 0 radical (unpaired) electrons. The van der Waals surface area contributed by atoms with E-state index in [4.69, 9.17) is 11.6 Å². The summed E-state index contributed by atoms with van der Waals surface area (Å²) in [6, 6.07) is 22.0. The molecule has 5 nitrogen and oxygen atoms in total. The molecular formula is C23H19ClN4OS3.